The number of aromatic amines is 1. The molecule has 0 saturated heterocycles. The standard InChI is InChI=1S/C13H10F2N4S/c1-6-11(5-10-12(16)18-19-13(10)17-6)20-9-3-7(14)2-8(15)4-9/h2-5H,1H3,(H3,16,17,18,19). The molecule has 20 heavy (non-hydrogen) atoms. The summed E-state index contributed by atoms with van der Waals surface area (Å²) in [6.07, 6.45) is 0. The number of anilines is 1. The van der Waals surface area contributed by atoms with Crippen LogP contribution in [0.15, 0.2) is 34.1 Å². The number of nitrogen functional groups attached to an aromatic ring is 1. The van der Waals surface area contributed by atoms with Crippen LogP contribution >= 0.6 is 11.8 Å². The number of nitrogens with two attached hydrogens (primary N) is 1. The van der Waals surface area contributed by atoms with E-state index in [0.717, 1.165) is 16.7 Å². The van der Waals surface area contributed by atoms with Crippen molar-refractivity contribution in [3.05, 3.63) is 41.6 Å². The van der Waals surface area contributed by atoms with Gasteiger partial charge in [-0.3, -0.25) is 5.10 Å². The number of benzene rings is 1. The molecule has 2 heterocycles. The Morgan fingerprint density at radius 2 is 1.85 bits per heavy atom. The highest BCUT2D eigenvalue weighted by molar-refractivity contribution is 7.99. The number of H-pyrrole nitrogens is 1. The fraction of sp³-hybridized carbons (Fsp3) is 0.0769. The Kier molecular flexibility index (Phi) is 3.06. The van der Waals surface area contributed by atoms with Crippen LogP contribution in [0.2, 0.25) is 0 Å². The Balaban J connectivity index is 2.05. The van der Waals surface area contributed by atoms with Crippen molar-refractivity contribution in [1.29, 1.82) is 0 Å². The van der Waals surface area contributed by atoms with Crippen LogP contribution in [0.4, 0.5) is 14.6 Å². The quantitative estimate of drug-likeness (QED) is 0.760. The van der Waals surface area contributed by atoms with Crippen molar-refractivity contribution in [2.24, 2.45) is 0 Å². The zero-order valence-electron chi connectivity index (χ0n) is 10.4. The van der Waals surface area contributed by atoms with Gasteiger partial charge in [-0.1, -0.05) is 11.8 Å². The Morgan fingerprint density at radius 1 is 1.15 bits per heavy atom. The van der Waals surface area contributed by atoms with E-state index in [0.29, 0.717) is 21.7 Å². The number of halogens is 2. The van der Waals surface area contributed by atoms with Gasteiger partial charge in [0.15, 0.2) is 11.5 Å². The van der Waals surface area contributed by atoms with Crippen molar-refractivity contribution in [2.45, 2.75) is 16.7 Å². The second kappa shape index (κ2) is 4.75. The maximum Gasteiger partial charge on any atom is 0.157 e. The average Bonchev–Trinajstić information content (AvgIpc) is 2.70. The highest BCUT2D eigenvalue weighted by Crippen LogP contribution is 2.33. The van der Waals surface area contributed by atoms with Crippen LogP contribution in [0.5, 0.6) is 0 Å². The van der Waals surface area contributed by atoms with E-state index in [-0.39, 0.29) is 0 Å². The lowest BCUT2D eigenvalue weighted by Crippen LogP contribution is -1.89. The van der Waals surface area contributed by atoms with E-state index >= 15 is 0 Å². The minimum absolute atomic E-state index is 0.347. The third-order valence-corrected chi connectivity index (χ3v) is 3.89. The predicted octanol–water partition coefficient (Wildman–Crippen LogP) is 3.28. The van der Waals surface area contributed by atoms with Gasteiger partial charge >= 0.3 is 0 Å². The van der Waals surface area contributed by atoms with Gasteiger partial charge in [-0.25, -0.2) is 13.8 Å². The molecule has 0 amide bonds. The molecule has 0 aliphatic heterocycles. The molecule has 0 bridgehead atoms. The van der Waals surface area contributed by atoms with Gasteiger partial charge in [0.1, 0.15) is 11.6 Å². The van der Waals surface area contributed by atoms with E-state index in [1.54, 1.807) is 0 Å². The Hall–Kier alpha value is -2.15. The average molecular weight is 292 g/mol. The molecule has 102 valence electrons. The van der Waals surface area contributed by atoms with Gasteiger partial charge in [0.05, 0.1) is 11.1 Å². The molecule has 0 atom stereocenters. The molecule has 2 aromatic heterocycles. The van der Waals surface area contributed by atoms with Crippen LogP contribution in [-0.4, -0.2) is 15.2 Å². The third-order valence-electron chi connectivity index (χ3n) is 2.79. The van der Waals surface area contributed by atoms with E-state index < -0.39 is 11.6 Å². The summed E-state index contributed by atoms with van der Waals surface area (Å²) in [5.41, 5.74) is 7.05. The molecule has 0 aliphatic carbocycles. The first-order valence-electron chi connectivity index (χ1n) is 5.78. The number of fused-ring (bicyclic) bond motifs is 1. The molecule has 3 N–H and O–H groups in total. The molecule has 0 saturated carbocycles. The van der Waals surface area contributed by atoms with Gasteiger partial charge in [0.25, 0.3) is 0 Å². The summed E-state index contributed by atoms with van der Waals surface area (Å²) >= 11 is 1.23. The highest BCUT2D eigenvalue weighted by atomic mass is 32.2. The van der Waals surface area contributed by atoms with Crippen molar-refractivity contribution in [3.8, 4) is 0 Å². The van der Waals surface area contributed by atoms with Crippen molar-refractivity contribution >= 4 is 28.6 Å². The smallest absolute Gasteiger partial charge is 0.157 e. The lowest BCUT2D eigenvalue weighted by molar-refractivity contribution is 0.577. The minimum Gasteiger partial charge on any atom is -0.382 e. The lowest BCUT2D eigenvalue weighted by atomic mass is 10.3. The van der Waals surface area contributed by atoms with Gasteiger partial charge in [-0.05, 0) is 25.1 Å². The summed E-state index contributed by atoms with van der Waals surface area (Å²) in [6, 6.07) is 5.20. The highest BCUT2D eigenvalue weighted by Gasteiger charge is 2.10. The van der Waals surface area contributed by atoms with Crippen LogP contribution in [0.1, 0.15) is 5.69 Å². The zero-order chi connectivity index (χ0) is 14.3. The Bertz CT molecular complexity index is 780. The maximum atomic E-state index is 13.2. The number of hydrogen-bond donors (Lipinski definition) is 2. The van der Waals surface area contributed by atoms with Crippen LogP contribution in [0, 0.1) is 18.6 Å². The van der Waals surface area contributed by atoms with Crippen LogP contribution in [0.25, 0.3) is 11.0 Å². The fourth-order valence-electron chi connectivity index (χ4n) is 1.86. The molecule has 3 aromatic rings. The summed E-state index contributed by atoms with van der Waals surface area (Å²) in [5.74, 6) is -0.871. The number of hydrogen-bond acceptors (Lipinski definition) is 4. The van der Waals surface area contributed by atoms with Gasteiger partial charge in [-0.2, -0.15) is 5.10 Å². The number of nitrogens with one attached hydrogen (secondary N) is 1. The van der Waals surface area contributed by atoms with E-state index in [1.165, 1.54) is 23.9 Å². The normalized spacial score (nSPS) is 11.2. The second-order valence-electron chi connectivity index (χ2n) is 4.28. The van der Waals surface area contributed by atoms with Crippen molar-refractivity contribution in [3.63, 3.8) is 0 Å². The van der Waals surface area contributed by atoms with Gasteiger partial charge in [0, 0.05) is 15.9 Å². The van der Waals surface area contributed by atoms with Gasteiger partial charge < -0.3 is 5.73 Å². The number of aryl methyl sites for hydroxylation is 1. The predicted molar refractivity (Wildman–Crippen MR) is 73.5 cm³/mol. The fourth-order valence-corrected chi connectivity index (χ4v) is 2.83. The number of pyridine rings is 1. The summed E-state index contributed by atoms with van der Waals surface area (Å²) in [7, 11) is 0. The summed E-state index contributed by atoms with van der Waals surface area (Å²) in [4.78, 5) is 5.57. The number of rotatable bonds is 2. The third kappa shape index (κ3) is 2.32. The van der Waals surface area contributed by atoms with Gasteiger partial charge in [-0.15, -0.1) is 0 Å². The SMILES string of the molecule is Cc1nc2[nH]nc(N)c2cc1Sc1cc(F)cc(F)c1. The molecule has 7 heteroatoms. The van der Waals surface area contributed by atoms with E-state index in [2.05, 4.69) is 15.2 Å². The summed E-state index contributed by atoms with van der Waals surface area (Å²) < 4.78 is 26.4. The minimum atomic E-state index is -0.609. The molecule has 0 radical (unpaired) electrons. The molecule has 1 aromatic carbocycles. The summed E-state index contributed by atoms with van der Waals surface area (Å²) in [5, 5.41) is 7.29. The second-order valence-corrected chi connectivity index (χ2v) is 5.40. The Morgan fingerprint density at radius 3 is 2.55 bits per heavy atom. The molecular formula is C13H10F2N4S. The first-order valence-corrected chi connectivity index (χ1v) is 6.60. The van der Waals surface area contributed by atoms with Crippen molar-refractivity contribution in [1.82, 2.24) is 15.2 Å². The van der Waals surface area contributed by atoms with E-state index in [1.807, 2.05) is 13.0 Å². The number of nitrogens with zero attached hydrogens (tertiary/aromatic N) is 2. The molecule has 3 rings (SSSR count). The molecule has 0 aliphatic rings. The first kappa shape index (κ1) is 12.9. The van der Waals surface area contributed by atoms with Crippen LogP contribution < -0.4 is 5.73 Å². The van der Waals surface area contributed by atoms with E-state index in [9.17, 15) is 8.78 Å². The molecule has 0 fully saturated rings. The number of aromatic nitrogens is 3. The lowest BCUT2D eigenvalue weighted by Gasteiger charge is -2.06. The summed E-state index contributed by atoms with van der Waals surface area (Å²) in [6.45, 7) is 1.81. The zero-order valence-corrected chi connectivity index (χ0v) is 11.3. The topological polar surface area (TPSA) is 67.6 Å². The van der Waals surface area contributed by atoms with Crippen LogP contribution in [-0.2, 0) is 0 Å². The van der Waals surface area contributed by atoms with Crippen molar-refractivity contribution < 1.29 is 8.78 Å². The monoisotopic (exact) mass is 292 g/mol. The molecule has 0 unspecified atom stereocenters. The Labute approximate surface area is 117 Å². The largest absolute Gasteiger partial charge is 0.382 e. The molecular weight excluding hydrogens is 282 g/mol. The maximum absolute atomic E-state index is 13.2. The van der Waals surface area contributed by atoms with Crippen LogP contribution in [0.3, 0.4) is 0 Å². The van der Waals surface area contributed by atoms with Crippen molar-refractivity contribution in [2.75, 3.05) is 5.73 Å². The van der Waals surface area contributed by atoms with E-state index in [4.69, 9.17) is 5.73 Å². The molecule has 0 spiro atoms. The first-order chi connectivity index (χ1) is 9.52. The molecule has 4 nitrogen and oxygen atoms in total. The van der Waals surface area contributed by atoms with Gasteiger partial charge in [0.2, 0.25) is 0 Å².